The van der Waals surface area contributed by atoms with E-state index in [1.54, 1.807) is 0 Å². The van der Waals surface area contributed by atoms with Crippen molar-refractivity contribution in [3.8, 4) is 0 Å². The van der Waals surface area contributed by atoms with E-state index in [2.05, 4.69) is 0 Å². The minimum atomic E-state index is -1.14. The van der Waals surface area contributed by atoms with Crippen LogP contribution in [0.2, 0.25) is 0 Å². The first kappa shape index (κ1) is 9.78. The highest BCUT2D eigenvalue weighted by Gasteiger charge is 2.40. The van der Waals surface area contributed by atoms with Crippen molar-refractivity contribution in [1.82, 2.24) is 0 Å². The van der Waals surface area contributed by atoms with Gasteiger partial charge >= 0.3 is 7.12 Å². The van der Waals surface area contributed by atoms with Gasteiger partial charge in [0.25, 0.3) is 0 Å². The predicted octanol–water partition coefficient (Wildman–Crippen LogP) is 2.73. The standard InChI is InChI=1S/C13H7ClO2P/c14-17-10-6-2-4-8-12(10)11-7(13(8)15)3-1-5-9(11)16-17/h1-6,9H/q+1. The third kappa shape index (κ3) is 1.11. The van der Waals surface area contributed by atoms with Gasteiger partial charge in [-0.3, -0.25) is 4.79 Å². The van der Waals surface area contributed by atoms with Crippen LogP contribution in [0.5, 0.6) is 0 Å². The lowest BCUT2D eigenvalue weighted by Crippen LogP contribution is -2.21. The molecule has 0 amide bonds. The summed E-state index contributed by atoms with van der Waals surface area (Å²) in [7, 11) is -1.14. The Balaban J connectivity index is 2.31. The molecule has 2 atom stereocenters. The topological polar surface area (TPSA) is 26.3 Å². The summed E-state index contributed by atoms with van der Waals surface area (Å²) >= 11 is 6.27. The van der Waals surface area contributed by atoms with Crippen LogP contribution >= 0.6 is 18.4 Å². The Kier molecular flexibility index (Phi) is 1.82. The number of allylic oxidation sites excluding steroid dienone is 2. The summed E-state index contributed by atoms with van der Waals surface area (Å²) in [4.78, 5) is 13.2. The molecule has 0 radical (unpaired) electrons. The largest absolute Gasteiger partial charge is 0.384 e. The van der Waals surface area contributed by atoms with E-state index >= 15 is 0 Å². The number of Topliss-reactive ketones (excluding diaryl/α,β-unsaturated/α-hetero) is 1. The zero-order chi connectivity index (χ0) is 11.6. The van der Waals surface area contributed by atoms with Crippen LogP contribution in [-0.4, -0.2) is 11.9 Å². The van der Waals surface area contributed by atoms with E-state index < -0.39 is 7.12 Å². The van der Waals surface area contributed by atoms with Crippen molar-refractivity contribution in [3.63, 3.8) is 0 Å². The number of benzene rings is 1. The van der Waals surface area contributed by atoms with Gasteiger partial charge in [-0.1, -0.05) is 24.3 Å². The second-order valence-electron chi connectivity index (χ2n) is 4.18. The maximum Gasteiger partial charge on any atom is 0.384 e. The lowest BCUT2D eigenvalue weighted by Gasteiger charge is -2.15. The molecule has 4 heteroatoms. The third-order valence-corrected chi connectivity index (χ3v) is 5.27. The monoisotopic (exact) mass is 261 g/mol. The van der Waals surface area contributed by atoms with Crippen LogP contribution in [0.15, 0.2) is 42.0 Å². The van der Waals surface area contributed by atoms with Crippen molar-refractivity contribution in [2.45, 2.75) is 6.10 Å². The number of hydrogen-bond donors (Lipinski definition) is 0. The second-order valence-corrected chi connectivity index (χ2v) is 6.28. The first-order chi connectivity index (χ1) is 8.27. The molecular formula is C13H7ClO2P+. The molecule has 1 heterocycles. The van der Waals surface area contributed by atoms with Gasteiger partial charge in [-0.2, -0.15) is 4.52 Å². The maximum atomic E-state index is 12.2. The number of halogens is 1. The molecule has 0 saturated heterocycles. The summed E-state index contributed by atoms with van der Waals surface area (Å²) in [5, 5.41) is 1.02. The minimum absolute atomic E-state index is 0.0942. The second kappa shape index (κ2) is 3.17. The van der Waals surface area contributed by atoms with E-state index in [1.165, 1.54) is 0 Å². The van der Waals surface area contributed by atoms with Gasteiger partial charge in [0.2, 0.25) is 4.94 Å². The smallest absolute Gasteiger partial charge is 0.289 e. The van der Waals surface area contributed by atoms with E-state index in [9.17, 15) is 4.79 Å². The van der Waals surface area contributed by atoms with Gasteiger partial charge in [0.1, 0.15) is 0 Å². The van der Waals surface area contributed by atoms with Crippen LogP contribution in [0.1, 0.15) is 10.4 Å². The van der Waals surface area contributed by atoms with Gasteiger partial charge in [0.15, 0.2) is 23.1 Å². The molecule has 3 aliphatic rings. The number of rotatable bonds is 0. The highest BCUT2D eigenvalue weighted by molar-refractivity contribution is 7.73. The number of ketones is 1. The Morgan fingerprint density at radius 3 is 3.12 bits per heavy atom. The molecule has 0 N–H and O–H groups in total. The molecule has 0 aromatic heterocycles. The molecule has 17 heavy (non-hydrogen) atoms. The molecule has 1 aliphatic heterocycles. The van der Waals surface area contributed by atoms with Crippen molar-refractivity contribution in [3.05, 3.63) is 57.7 Å². The molecule has 0 saturated carbocycles. The van der Waals surface area contributed by atoms with Crippen LogP contribution in [0.25, 0.3) is 5.57 Å². The average Bonchev–Trinajstić information content (AvgIpc) is 2.64. The number of carbonyl (C=O) groups excluding carboxylic acids is 1. The van der Waals surface area contributed by atoms with Crippen molar-refractivity contribution in [2.24, 2.45) is 0 Å². The van der Waals surface area contributed by atoms with Gasteiger partial charge in [0, 0.05) is 21.9 Å². The molecular weight excluding hydrogens is 255 g/mol. The summed E-state index contributed by atoms with van der Waals surface area (Å²) in [6.45, 7) is 0. The fourth-order valence-corrected chi connectivity index (χ4v) is 4.40. The van der Waals surface area contributed by atoms with Gasteiger partial charge in [-0.05, 0) is 12.1 Å². The molecule has 0 bridgehead atoms. The van der Waals surface area contributed by atoms with E-state index in [-0.39, 0.29) is 11.9 Å². The molecule has 82 valence electrons. The van der Waals surface area contributed by atoms with Crippen LogP contribution in [0.3, 0.4) is 0 Å². The van der Waals surface area contributed by atoms with Crippen LogP contribution < -0.4 is 5.22 Å². The van der Waals surface area contributed by atoms with Gasteiger partial charge in [-0.15, -0.1) is 0 Å². The Labute approximate surface area is 103 Å². The van der Waals surface area contributed by atoms with Gasteiger partial charge in [0.05, 0.1) is 0 Å². The minimum Gasteiger partial charge on any atom is -0.289 e. The van der Waals surface area contributed by atoms with Crippen molar-refractivity contribution in [2.75, 3.05) is 0 Å². The summed E-state index contributed by atoms with van der Waals surface area (Å²) in [5.74, 6) is 0.0942. The van der Waals surface area contributed by atoms with Crippen molar-refractivity contribution in [1.29, 1.82) is 0 Å². The Morgan fingerprint density at radius 1 is 1.35 bits per heavy atom. The van der Waals surface area contributed by atoms with E-state index in [4.69, 9.17) is 15.8 Å². The normalized spacial score (nSPS) is 26.1. The Bertz CT molecular complexity index is 758. The van der Waals surface area contributed by atoms with Crippen LogP contribution in [0, 0.1) is 4.94 Å². The highest BCUT2D eigenvalue weighted by Crippen LogP contribution is 2.44. The zero-order valence-corrected chi connectivity index (χ0v) is 10.3. The molecule has 2 aliphatic carbocycles. The molecule has 1 aromatic rings. The van der Waals surface area contributed by atoms with E-state index in [1.807, 2.05) is 36.4 Å². The van der Waals surface area contributed by atoms with Gasteiger partial charge < -0.3 is 0 Å². The lowest BCUT2D eigenvalue weighted by molar-refractivity contribution is 0.104. The maximum absolute atomic E-state index is 12.2. The van der Waals surface area contributed by atoms with Crippen molar-refractivity contribution < 1.29 is 9.32 Å². The molecule has 2 nitrogen and oxygen atoms in total. The van der Waals surface area contributed by atoms with E-state index in [0.29, 0.717) is 0 Å². The van der Waals surface area contributed by atoms with Crippen LogP contribution in [-0.2, 0) is 4.52 Å². The summed E-state index contributed by atoms with van der Waals surface area (Å²) in [5.41, 5.74) is 2.54. The lowest BCUT2D eigenvalue weighted by atomic mass is 9.96. The summed E-state index contributed by atoms with van der Waals surface area (Å²) in [6.07, 6.45) is 5.54. The number of carbonyl (C=O) groups is 1. The average molecular weight is 262 g/mol. The van der Waals surface area contributed by atoms with E-state index in [0.717, 1.165) is 26.9 Å². The third-order valence-electron chi connectivity index (χ3n) is 3.32. The fraction of sp³-hybridized carbons (Fsp3) is 0.0769. The summed E-state index contributed by atoms with van der Waals surface area (Å²) in [6, 6.07) is 5.70. The Hall–Kier alpha value is -1.21. The van der Waals surface area contributed by atoms with Crippen molar-refractivity contribution >= 4 is 29.7 Å². The quantitative estimate of drug-likeness (QED) is 0.671. The number of hydrogen-bond acceptors (Lipinski definition) is 2. The summed E-state index contributed by atoms with van der Waals surface area (Å²) < 4.78 is 5.78. The first-order valence-corrected chi connectivity index (χ1v) is 7.50. The zero-order valence-electron chi connectivity index (χ0n) is 8.68. The Morgan fingerprint density at radius 2 is 2.24 bits per heavy atom. The molecule has 4 rings (SSSR count). The van der Waals surface area contributed by atoms with Crippen LogP contribution in [0.4, 0.5) is 0 Å². The molecule has 0 spiro atoms. The predicted molar refractivity (Wildman–Crippen MR) is 67.5 cm³/mol. The molecule has 0 fully saturated rings. The fourth-order valence-electron chi connectivity index (χ4n) is 2.62. The molecule has 1 aromatic carbocycles. The SMILES string of the molecule is O=C1C2=CC=CC3O[P+](Cl)=c4cccc1c4=C23. The first-order valence-electron chi connectivity index (χ1n) is 5.34. The molecule has 2 unspecified atom stereocenters. The highest BCUT2D eigenvalue weighted by atomic mass is 35.7. The van der Waals surface area contributed by atoms with Gasteiger partial charge in [-0.25, -0.2) is 0 Å².